The van der Waals surface area contributed by atoms with Gasteiger partial charge in [0.25, 0.3) is 0 Å². The lowest BCUT2D eigenvalue weighted by Crippen LogP contribution is -2.07. The Bertz CT molecular complexity index is 1180. The van der Waals surface area contributed by atoms with Crippen LogP contribution >= 0.6 is 11.3 Å². The molecule has 30 heavy (non-hydrogen) atoms. The Kier molecular flexibility index (Phi) is 5.67. The molecule has 2 aromatic carbocycles. The van der Waals surface area contributed by atoms with Crippen LogP contribution in [0.5, 0.6) is 5.75 Å². The lowest BCUT2D eigenvalue weighted by molar-refractivity contribution is -0.114. The Morgan fingerprint density at radius 1 is 1.03 bits per heavy atom. The van der Waals surface area contributed by atoms with E-state index in [1.54, 1.807) is 13.3 Å². The van der Waals surface area contributed by atoms with Crippen molar-refractivity contribution in [2.24, 2.45) is 0 Å². The van der Waals surface area contributed by atoms with Crippen LogP contribution in [0.4, 0.5) is 16.6 Å². The first-order chi connectivity index (χ1) is 14.6. The number of nitrogens with one attached hydrogen (secondary N) is 2. The summed E-state index contributed by atoms with van der Waals surface area (Å²) in [7, 11) is 1.63. The number of hydrogen-bond donors (Lipinski definition) is 2. The summed E-state index contributed by atoms with van der Waals surface area (Å²) in [4.78, 5) is 15.6. The first-order valence-corrected chi connectivity index (χ1v) is 10.0. The second-order valence-corrected chi connectivity index (χ2v) is 7.37. The molecule has 0 fully saturated rings. The standard InChI is InChI=1S/C22H19N5O2S/c1-14(28)24-19-13-15(11-12-23-19)20-17(9-6-10-18(20)29-2)21-26-27-22(30-21)25-16-7-4-3-5-8-16/h3-13H,1-2H3,(H,25,27)(H,23,24,28). The van der Waals surface area contributed by atoms with E-state index in [-0.39, 0.29) is 5.91 Å². The molecule has 0 spiro atoms. The zero-order valence-corrected chi connectivity index (χ0v) is 17.2. The van der Waals surface area contributed by atoms with Crippen LogP contribution < -0.4 is 15.4 Å². The van der Waals surface area contributed by atoms with Crippen LogP contribution in [0.3, 0.4) is 0 Å². The molecule has 150 valence electrons. The highest BCUT2D eigenvalue weighted by Crippen LogP contribution is 2.41. The van der Waals surface area contributed by atoms with E-state index in [9.17, 15) is 4.79 Å². The molecule has 0 aliphatic carbocycles. The summed E-state index contributed by atoms with van der Waals surface area (Å²) in [5.74, 6) is 0.987. The number of benzene rings is 2. The predicted molar refractivity (Wildman–Crippen MR) is 119 cm³/mol. The average Bonchev–Trinajstić information content (AvgIpc) is 3.22. The molecule has 8 heteroatoms. The largest absolute Gasteiger partial charge is 0.496 e. The summed E-state index contributed by atoms with van der Waals surface area (Å²) in [6.07, 6.45) is 1.65. The number of rotatable bonds is 6. The number of amides is 1. The molecule has 1 amide bonds. The number of para-hydroxylation sites is 1. The highest BCUT2D eigenvalue weighted by molar-refractivity contribution is 7.18. The first-order valence-electron chi connectivity index (χ1n) is 9.21. The average molecular weight is 417 g/mol. The quantitative estimate of drug-likeness (QED) is 0.460. The minimum Gasteiger partial charge on any atom is -0.496 e. The molecule has 0 saturated carbocycles. The minimum absolute atomic E-state index is 0.180. The normalized spacial score (nSPS) is 10.5. The number of pyridine rings is 1. The van der Waals surface area contributed by atoms with Gasteiger partial charge in [-0.2, -0.15) is 0 Å². The van der Waals surface area contributed by atoms with Crippen molar-refractivity contribution in [1.29, 1.82) is 0 Å². The van der Waals surface area contributed by atoms with Crippen molar-refractivity contribution in [2.75, 3.05) is 17.7 Å². The van der Waals surface area contributed by atoms with Crippen molar-refractivity contribution in [1.82, 2.24) is 15.2 Å². The van der Waals surface area contributed by atoms with Crippen molar-refractivity contribution in [3.05, 3.63) is 66.9 Å². The maximum Gasteiger partial charge on any atom is 0.222 e. The number of nitrogens with zero attached hydrogens (tertiary/aromatic N) is 3. The van der Waals surface area contributed by atoms with E-state index in [1.807, 2.05) is 60.7 Å². The molecule has 4 rings (SSSR count). The number of ether oxygens (including phenoxy) is 1. The van der Waals surface area contributed by atoms with E-state index < -0.39 is 0 Å². The van der Waals surface area contributed by atoms with Gasteiger partial charge in [-0.05, 0) is 35.9 Å². The highest BCUT2D eigenvalue weighted by Gasteiger charge is 2.17. The van der Waals surface area contributed by atoms with Gasteiger partial charge in [0, 0.05) is 29.9 Å². The molecule has 2 aromatic heterocycles. The molecular formula is C22H19N5O2S. The monoisotopic (exact) mass is 417 g/mol. The van der Waals surface area contributed by atoms with Crippen molar-refractivity contribution in [3.8, 4) is 27.4 Å². The SMILES string of the molecule is COc1cccc(-c2nnc(Nc3ccccc3)s2)c1-c1ccnc(NC(C)=O)c1. The molecule has 0 atom stereocenters. The third kappa shape index (κ3) is 4.28. The van der Waals surface area contributed by atoms with Crippen LogP contribution in [-0.4, -0.2) is 28.2 Å². The summed E-state index contributed by atoms with van der Waals surface area (Å²) < 4.78 is 5.62. The lowest BCUT2D eigenvalue weighted by atomic mass is 9.99. The number of anilines is 3. The molecule has 2 heterocycles. The lowest BCUT2D eigenvalue weighted by Gasteiger charge is -2.13. The van der Waals surface area contributed by atoms with Gasteiger partial charge in [-0.25, -0.2) is 4.98 Å². The summed E-state index contributed by atoms with van der Waals surface area (Å²) in [5, 5.41) is 16.1. The van der Waals surface area contributed by atoms with Gasteiger partial charge in [0.2, 0.25) is 11.0 Å². The van der Waals surface area contributed by atoms with Crippen molar-refractivity contribution in [3.63, 3.8) is 0 Å². The van der Waals surface area contributed by atoms with Crippen LogP contribution in [0.1, 0.15) is 6.92 Å². The number of methoxy groups -OCH3 is 1. The Morgan fingerprint density at radius 2 is 1.87 bits per heavy atom. The van der Waals surface area contributed by atoms with Crippen LogP contribution in [0, 0.1) is 0 Å². The Balaban J connectivity index is 1.74. The summed E-state index contributed by atoms with van der Waals surface area (Å²) in [6, 6.07) is 19.3. The van der Waals surface area contributed by atoms with Crippen molar-refractivity contribution >= 4 is 33.9 Å². The number of carbonyl (C=O) groups excluding carboxylic acids is 1. The van der Waals surface area contributed by atoms with Gasteiger partial charge < -0.3 is 15.4 Å². The van der Waals surface area contributed by atoms with Crippen LogP contribution in [-0.2, 0) is 4.79 Å². The maximum absolute atomic E-state index is 11.4. The summed E-state index contributed by atoms with van der Waals surface area (Å²) in [6.45, 7) is 1.45. The van der Waals surface area contributed by atoms with E-state index in [1.165, 1.54) is 18.3 Å². The molecule has 7 nitrogen and oxygen atoms in total. The Hall–Kier alpha value is -3.78. The van der Waals surface area contributed by atoms with Gasteiger partial charge in [-0.15, -0.1) is 10.2 Å². The van der Waals surface area contributed by atoms with Gasteiger partial charge in [0.05, 0.1) is 7.11 Å². The molecule has 2 N–H and O–H groups in total. The smallest absolute Gasteiger partial charge is 0.222 e. The summed E-state index contributed by atoms with van der Waals surface area (Å²) in [5.41, 5.74) is 3.54. The van der Waals surface area contributed by atoms with Crippen LogP contribution in [0.2, 0.25) is 0 Å². The molecule has 0 saturated heterocycles. The van der Waals surface area contributed by atoms with Crippen LogP contribution in [0.15, 0.2) is 66.9 Å². The third-order valence-electron chi connectivity index (χ3n) is 4.28. The molecule has 0 radical (unpaired) electrons. The number of hydrogen-bond acceptors (Lipinski definition) is 7. The van der Waals surface area contributed by atoms with Crippen molar-refractivity contribution in [2.45, 2.75) is 6.92 Å². The maximum atomic E-state index is 11.4. The fourth-order valence-corrected chi connectivity index (χ4v) is 3.83. The van der Waals surface area contributed by atoms with Gasteiger partial charge in [-0.1, -0.05) is 41.7 Å². The molecule has 0 bridgehead atoms. The van der Waals surface area contributed by atoms with Gasteiger partial charge in [0.15, 0.2) is 0 Å². The minimum atomic E-state index is -0.180. The second kappa shape index (κ2) is 8.71. The molecule has 0 aliphatic heterocycles. The van der Waals surface area contributed by atoms with E-state index in [2.05, 4.69) is 25.8 Å². The highest BCUT2D eigenvalue weighted by atomic mass is 32.1. The first kappa shape index (κ1) is 19.5. The van der Waals surface area contributed by atoms with Crippen LogP contribution in [0.25, 0.3) is 21.7 Å². The fraction of sp³-hybridized carbons (Fsp3) is 0.0909. The van der Waals surface area contributed by atoms with E-state index in [0.29, 0.717) is 16.7 Å². The fourth-order valence-electron chi connectivity index (χ4n) is 3.04. The Morgan fingerprint density at radius 3 is 2.63 bits per heavy atom. The zero-order chi connectivity index (χ0) is 20.9. The Labute approximate surface area is 177 Å². The van der Waals surface area contributed by atoms with Gasteiger partial charge in [0.1, 0.15) is 16.6 Å². The topological polar surface area (TPSA) is 89.0 Å². The van der Waals surface area contributed by atoms with Crippen molar-refractivity contribution < 1.29 is 9.53 Å². The molecule has 0 unspecified atom stereocenters. The number of carbonyl (C=O) groups is 1. The van der Waals surface area contributed by atoms with E-state index in [4.69, 9.17) is 4.74 Å². The summed E-state index contributed by atoms with van der Waals surface area (Å²) >= 11 is 1.45. The molecular weight excluding hydrogens is 398 g/mol. The number of aromatic nitrogens is 3. The van der Waals surface area contributed by atoms with Gasteiger partial charge in [-0.3, -0.25) is 4.79 Å². The predicted octanol–water partition coefficient (Wildman–Crippen LogP) is 4.98. The molecule has 0 aliphatic rings. The third-order valence-corrected chi connectivity index (χ3v) is 5.15. The van der Waals surface area contributed by atoms with E-state index in [0.717, 1.165) is 27.4 Å². The second-order valence-electron chi connectivity index (χ2n) is 6.40. The zero-order valence-electron chi connectivity index (χ0n) is 16.4. The van der Waals surface area contributed by atoms with E-state index >= 15 is 0 Å². The molecule has 4 aromatic rings. The van der Waals surface area contributed by atoms with Gasteiger partial charge >= 0.3 is 0 Å².